The van der Waals surface area contributed by atoms with Gasteiger partial charge in [0, 0.05) is 31.0 Å². The Morgan fingerprint density at radius 2 is 2.26 bits per heavy atom. The number of hydrogen-bond acceptors (Lipinski definition) is 5. The van der Waals surface area contributed by atoms with Crippen LogP contribution in [0, 0.1) is 10.1 Å². The van der Waals surface area contributed by atoms with Gasteiger partial charge in [0.05, 0.1) is 16.6 Å². The molecule has 7 nitrogen and oxygen atoms in total. The fraction of sp³-hybridized carbons (Fsp3) is 0.417. The molecule has 0 heterocycles. The minimum atomic E-state index is -0.570. The number of non-ortho nitro benzene ring substituents is 1. The number of nitrogens with zero attached hydrogens (tertiary/aromatic N) is 1. The summed E-state index contributed by atoms with van der Waals surface area (Å²) in [5, 5.41) is 13.3. The van der Waals surface area contributed by atoms with Gasteiger partial charge in [0.1, 0.15) is 0 Å². The highest BCUT2D eigenvalue weighted by atomic mass is 16.6. The van der Waals surface area contributed by atoms with Crippen LogP contribution in [0.15, 0.2) is 18.2 Å². The summed E-state index contributed by atoms with van der Waals surface area (Å²) in [5.74, 6) is -0.451. The Bertz CT molecular complexity index is 476. The first-order valence-electron chi connectivity index (χ1n) is 5.89. The van der Waals surface area contributed by atoms with Crippen molar-refractivity contribution < 1.29 is 14.5 Å². The van der Waals surface area contributed by atoms with Gasteiger partial charge >= 0.3 is 0 Å². The van der Waals surface area contributed by atoms with E-state index in [1.807, 2.05) is 13.8 Å². The second-order valence-electron chi connectivity index (χ2n) is 4.00. The summed E-state index contributed by atoms with van der Waals surface area (Å²) >= 11 is 0. The fourth-order valence-corrected chi connectivity index (χ4v) is 1.53. The number of rotatable bonds is 6. The van der Waals surface area contributed by atoms with Gasteiger partial charge in [-0.05, 0) is 19.9 Å². The maximum atomic E-state index is 11.9. The number of anilines is 1. The molecule has 7 heteroatoms. The number of benzene rings is 1. The lowest BCUT2D eigenvalue weighted by molar-refractivity contribution is -0.384. The molecule has 0 fully saturated rings. The molecule has 1 aromatic rings. The summed E-state index contributed by atoms with van der Waals surface area (Å²) in [4.78, 5) is 22.0. The molecule has 0 aromatic heterocycles. The number of carbonyl (C=O) groups excluding carboxylic acids is 1. The van der Waals surface area contributed by atoms with Crippen molar-refractivity contribution in [2.24, 2.45) is 0 Å². The normalized spacial score (nSPS) is 11.9. The molecule has 1 amide bonds. The van der Waals surface area contributed by atoms with Crippen LogP contribution in [-0.4, -0.2) is 30.1 Å². The first kappa shape index (κ1) is 14.9. The van der Waals surface area contributed by atoms with Crippen molar-refractivity contribution in [2.75, 3.05) is 18.9 Å². The van der Waals surface area contributed by atoms with Crippen LogP contribution in [0.2, 0.25) is 0 Å². The number of nitrogens with one attached hydrogen (secondary N) is 1. The summed E-state index contributed by atoms with van der Waals surface area (Å²) in [7, 11) is 0. The minimum Gasteiger partial charge on any atom is -0.398 e. The Morgan fingerprint density at radius 3 is 2.84 bits per heavy atom. The average Bonchev–Trinajstić information content (AvgIpc) is 2.36. The fourth-order valence-electron chi connectivity index (χ4n) is 1.53. The maximum absolute atomic E-state index is 11.9. The molecular formula is C12H17N3O4. The molecule has 1 atom stereocenters. The van der Waals surface area contributed by atoms with E-state index in [0.29, 0.717) is 13.2 Å². The van der Waals surface area contributed by atoms with Gasteiger partial charge in [-0.25, -0.2) is 0 Å². The highest BCUT2D eigenvalue weighted by Crippen LogP contribution is 2.19. The maximum Gasteiger partial charge on any atom is 0.270 e. The van der Waals surface area contributed by atoms with Crippen LogP contribution in [0.25, 0.3) is 0 Å². The molecule has 1 rings (SSSR count). The predicted molar refractivity (Wildman–Crippen MR) is 70.9 cm³/mol. The van der Waals surface area contributed by atoms with E-state index in [1.165, 1.54) is 12.1 Å². The second-order valence-corrected chi connectivity index (χ2v) is 4.00. The molecule has 0 aliphatic heterocycles. The highest BCUT2D eigenvalue weighted by molar-refractivity contribution is 5.99. The van der Waals surface area contributed by atoms with E-state index in [-0.39, 0.29) is 23.0 Å². The number of nitro groups is 1. The van der Waals surface area contributed by atoms with Crippen molar-refractivity contribution in [3.63, 3.8) is 0 Å². The monoisotopic (exact) mass is 267 g/mol. The third kappa shape index (κ3) is 4.22. The minimum absolute atomic E-state index is 0.0953. The Balaban J connectivity index is 2.76. The first-order chi connectivity index (χ1) is 8.95. The Kier molecular flexibility index (Phi) is 5.25. The zero-order chi connectivity index (χ0) is 14.4. The van der Waals surface area contributed by atoms with Gasteiger partial charge in [-0.2, -0.15) is 0 Å². The molecule has 0 aliphatic rings. The van der Waals surface area contributed by atoms with Crippen molar-refractivity contribution in [2.45, 2.75) is 20.0 Å². The summed E-state index contributed by atoms with van der Waals surface area (Å²) in [6, 6.07) is 3.77. The number of carbonyl (C=O) groups is 1. The molecule has 3 N–H and O–H groups in total. The largest absolute Gasteiger partial charge is 0.398 e. The average molecular weight is 267 g/mol. The third-order valence-corrected chi connectivity index (χ3v) is 2.49. The summed E-state index contributed by atoms with van der Waals surface area (Å²) in [6.45, 7) is 4.54. The third-order valence-electron chi connectivity index (χ3n) is 2.49. The molecule has 0 radical (unpaired) electrons. The van der Waals surface area contributed by atoms with E-state index in [2.05, 4.69) is 5.32 Å². The standard InChI is InChI=1S/C12H17N3O4/c1-3-19-8(2)7-14-12(16)10-6-9(15(17)18)4-5-11(10)13/h4-6,8H,3,7,13H2,1-2H3,(H,14,16). The van der Waals surface area contributed by atoms with Crippen molar-refractivity contribution in [3.8, 4) is 0 Å². The van der Waals surface area contributed by atoms with E-state index < -0.39 is 10.8 Å². The number of ether oxygens (including phenoxy) is 1. The number of nitro benzene ring substituents is 1. The number of amides is 1. The number of hydrogen-bond donors (Lipinski definition) is 2. The summed E-state index contributed by atoms with van der Waals surface area (Å²) < 4.78 is 5.27. The van der Waals surface area contributed by atoms with Gasteiger partial charge in [-0.15, -0.1) is 0 Å². The smallest absolute Gasteiger partial charge is 0.270 e. The van der Waals surface area contributed by atoms with Crippen LogP contribution < -0.4 is 11.1 Å². The molecule has 1 unspecified atom stereocenters. The van der Waals surface area contributed by atoms with E-state index in [4.69, 9.17) is 10.5 Å². The highest BCUT2D eigenvalue weighted by Gasteiger charge is 2.15. The van der Waals surface area contributed by atoms with Crippen molar-refractivity contribution in [3.05, 3.63) is 33.9 Å². The summed E-state index contributed by atoms with van der Waals surface area (Å²) in [6.07, 6.45) is -0.131. The van der Waals surface area contributed by atoms with Crippen molar-refractivity contribution >= 4 is 17.3 Å². The summed E-state index contributed by atoms with van der Waals surface area (Å²) in [5.41, 5.74) is 5.77. The quantitative estimate of drug-likeness (QED) is 0.459. The lowest BCUT2D eigenvalue weighted by Crippen LogP contribution is -2.32. The lowest BCUT2D eigenvalue weighted by atomic mass is 10.1. The number of nitrogens with two attached hydrogens (primary N) is 1. The first-order valence-corrected chi connectivity index (χ1v) is 5.89. The SMILES string of the molecule is CCOC(C)CNC(=O)c1cc([N+](=O)[O-])ccc1N. The Morgan fingerprint density at radius 1 is 1.58 bits per heavy atom. The topological polar surface area (TPSA) is 107 Å². The predicted octanol–water partition coefficient (Wildman–Crippen LogP) is 1.33. The molecule has 0 saturated carbocycles. The Hall–Kier alpha value is -2.15. The molecular weight excluding hydrogens is 250 g/mol. The molecule has 0 spiro atoms. The van der Waals surface area contributed by atoms with Crippen LogP contribution >= 0.6 is 0 Å². The van der Waals surface area contributed by atoms with Crippen LogP contribution in [0.3, 0.4) is 0 Å². The van der Waals surface area contributed by atoms with E-state index in [1.54, 1.807) is 0 Å². The second kappa shape index (κ2) is 6.69. The molecule has 0 aliphatic carbocycles. The number of nitrogen functional groups attached to an aromatic ring is 1. The van der Waals surface area contributed by atoms with Gasteiger partial charge < -0.3 is 15.8 Å². The van der Waals surface area contributed by atoms with Crippen molar-refractivity contribution in [1.29, 1.82) is 0 Å². The zero-order valence-corrected chi connectivity index (χ0v) is 10.9. The van der Waals surface area contributed by atoms with E-state index >= 15 is 0 Å². The molecule has 19 heavy (non-hydrogen) atoms. The lowest BCUT2D eigenvalue weighted by Gasteiger charge is -2.13. The van der Waals surface area contributed by atoms with Gasteiger partial charge in [-0.1, -0.05) is 0 Å². The molecule has 1 aromatic carbocycles. The van der Waals surface area contributed by atoms with Gasteiger partial charge in [0.25, 0.3) is 11.6 Å². The van der Waals surface area contributed by atoms with Gasteiger partial charge in [-0.3, -0.25) is 14.9 Å². The van der Waals surface area contributed by atoms with Crippen LogP contribution in [0.1, 0.15) is 24.2 Å². The van der Waals surface area contributed by atoms with Crippen LogP contribution in [-0.2, 0) is 4.74 Å². The van der Waals surface area contributed by atoms with Crippen LogP contribution in [0.5, 0.6) is 0 Å². The van der Waals surface area contributed by atoms with Crippen molar-refractivity contribution in [1.82, 2.24) is 5.32 Å². The molecule has 104 valence electrons. The van der Waals surface area contributed by atoms with Crippen LogP contribution in [0.4, 0.5) is 11.4 Å². The Labute approximate surface area is 110 Å². The van der Waals surface area contributed by atoms with E-state index in [9.17, 15) is 14.9 Å². The zero-order valence-electron chi connectivity index (χ0n) is 10.9. The molecule has 0 saturated heterocycles. The van der Waals surface area contributed by atoms with Gasteiger partial charge in [0.2, 0.25) is 0 Å². The van der Waals surface area contributed by atoms with E-state index in [0.717, 1.165) is 6.07 Å². The molecule has 0 bridgehead atoms. The van der Waals surface area contributed by atoms with Gasteiger partial charge in [0.15, 0.2) is 0 Å².